The molecule has 3 N–H and O–H groups in total. The van der Waals surface area contributed by atoms with E-state index in [-0.39, 0.29) is 6.61 Å². The molecule has 84 valence electrons. The van der Waals surface area contributed by atoms with Gasteiger partial charge in [-0.05, 0) is 12.1 Å². The highest BCUT2D eigenvalue weighted by molar-refractivity contribution is 9.10. The molecule has 4 nitrogen and oxygen atoms in total. The predicted octanol–water partition coefficient (Wildman–Crippen LogP) is 2.28. The molecule has 1 aromatic carbocycles. The van der Waals surface area contributed by atoms with Crippen LogP contribution in [0.15, 0.2) is 35.1 Å². The van der Waals surface area contributed by atoms with Crippen molar-refractivity contribution in [3.8, 4) is 0 Å². The van der Waals surface area contributed by atoms with Gasteiger partial charge in [0.1, 0.15) is 5.82 Å². The molecule has 1 heterocycles. The zero-order chi connectivity index (χ0) is 11.4. The Bertz CT molecular complexity index is 456. The van der Waals surface area contributed by atoms with Gasteiger partial charge in [0.15, 0.2) is 0 Å². The SMILES string of the molecule is OCc1c(Br)cccc1NCc1ncc[nH]1. The van der Waals surface area contributed by atoms with Crippen LogP contribution in [0.4, 0.5) is 5.69 Å². The molecule has 2 rings (SSSR count). The van der Waals surface area contributed by atoms with Crippen molar-refractivity contribution in [1.29, 1.82) is 0 Å². The van der Waals surface area contributed by atoms with Crippen LogP contribution in [-0.2, 0) is 13.2 Å². The fourth-order valence-corrected chi connectivity index (χ4v) is 1.95. The maximum absolute atomic E-state index is 9.26. The summed E-state index contributed by atoms with van der Waals surface area (Å²) in [5, 5.41) is 12.5. The molecule has 1 aromatic heterocycles. The van der Waals surface area contributed by atoms with Crippen molar-refractivity contribution < 1.29 is 5.11 Å². The first-order valence-electron chi connectivity index (χ1n) is 4.91. The van der Waals surface area contributed by atoms with Gasteiger partial charge in [-0.3, -0.25) is 0 Å². The van der Waals surface area contributed by atoms with E-state index in [0.29, 0.717) is 6.54 Å². The molecular formula is C11H12BrN3O. The van der Waals surface area contributed by atoms with E-state index in [9.17, 15) is 5.11 Å². The highest BCUT2D eigenvalue weighted by Gasteiger charge is 2.05. The van der Waals surface area contributed by atoms with Gasteiger partial charge in [-0.2, -0.15) is 0 Å². The van der Waals surface area contributed by atoms with Gasteiger partial charge in [-0.15, -0.1) is 0 Å². The Morgan fingerprint density at radius 1 is 1.44 bits per heavy atom. The minimum Gasteiger partial charge on any atom is -0.392 e. The number of aromatic nitrogens is 2. The molecule has 0 amide bonds. The molecule has 2 aromatic rings. The quantitative estimate of drug-likeness (QED) is 0.806. The molecule has 0 radical (unpaired) electrons. The largest absolute Gasteiger partial charge is 0.392 e. The van der Waals surface area contributed by atoms with Crippen LogP contribution >= 0.6 is 15.9 Å². The number of aliphatic hydroxyl groups is 1. The third kappa shape index (κ3) is 2.43. The monoisotopic (exact) mass is 281 g/mol. The number of nitrogens with zero attached hydrogens (tertiary/aromatic N) is 1. The van der Waals surface area contributed by atoms with Crippen LogP contribution in [0, 0.1) is 0 Å². The molecule has 0 atom stereocenters. The number of benzene rings is 1. The fraction of sp³-hybridized carbons (Fsp3) is 0.182. The summed E-state index contributed by atoms with van der Waals surface area (Å²) in [4.78, 5) is 7.13. The lowest BCUT2D eigenvalue weighted by molar-refractivity contribution is 0.281. The standard InChI is InChI=1S/C11H12BrN3O/c12-9-2-1-3-10(8(9)7-16)15-6-11-13-4-5-14-11/h1-5,15-16H,6-7H2,(H,13,14). The lowest BCUT2D eigenvalue weighted by Gasteiger charge is -2.10. The van der Waals surface area contributed by atoms with Gasteiger partial charge in [-0.1, -0.05) is 22.0 Å². The molecule has 0 aliphatic rings. The van der Waals surface area contributed by atoms with Gasteiger partial charge in [0.25, 0.3) is 0 Å². The summed E-state index contributed by atoms with van der Waals surface area (Å²) in [6.07, 6.45) is 3.50. The van der Waals surface area contributed by atoms with E-state index in [2.05, 4.69) is 31.2 Å². The van der Waals surface area contributed by atoms with Gasteiger partial charge in [0.2, 0.25) is 0 Å². The maximum atomic E-state index is 9.26. The molecule has 0 fully saturated rings. The van der Waals surface area contributed by atoms with Crippen LogP contribution in [0.3, 0.4) is 0 Å². The summed E-state index contributed by atoms with van der Waals surface area (Å²) < 4.78 is 0.902. The van der Waals surface area contributed by atoms with Gasteiger partial charge in [0, 0.05) is 28.1 Å². The number of aromatic amines is 1. The number of aliphatic hydroxyl groups excluding tert-OH is 1. The Kier molecular flexibility index (Phi) is 3.58. The zero-order valence-corrected chi connectivity index (χ0v) is 10.2. The smallest absolute Gasteiger partial charge is 0.125 e. The van der Waals surface area contributed by atoms with E-state index < -0.39 is 0 Å². The Balaban J connectivity index is 2.12. The normalized spacial score (nSPS) is 10.4. The Hall–Kier alpha value is -1.33. The van der Waals surface area contributed by atoms with Crippen molar-refractivity contribution in [3.05, 3.63) is 46.5 Å². The average molecular weight is 282 g/mol. The number of anilines is 1. The van der Waals surface area contributed by atoms with Crippen LogP contribution < -0.4 is 5.32 Å². The van der Waals surface area contributed by atoms with Crippen LogP contribution in [0.2, 0.25) is 0 Å². The second-order valence-electron chi connectivity index (χ2n) is 3.31. The average Bonchev–Trinajstić information content (AvgIpc) is 2.79. The number of halogens is 1. The van der Waals surface area contributed by atoms with Crippen molar-refractivity contribution in [2.75, 3.05) is 5.32 Å². The van der Waals surface area contributed by atoms with E-state index in [1.165, 1.54) is 0 Å². The van der Waals surface area contributed by atoms with Gasteiger partial charge in [0.05, 0.1) is 13.2 Å². The van der Waals surface area contributed by atoms with Crippen LogP contribution in [-0.4, -0.2) is 15.1 Å². The first-order chi connectivity index (χ1) is 7.81. The van der Waals surface area contributed by atoms with Crippen LogP contribution in [0.25, 0.3) is 0 Å². The fourth-order valence-electron chi connectivity index (χ4n) is 1.46. The van der Waals surface area contributed by atoms with Gasteiger partial charge in [-0.25, -0.2) is 4.98 Å². The molecule has 0 saturated heterocycles. The third-order valence-electron chi connectivity index (χ3n) is 2.28. The summed E-state index contributed by atoms with van der Waals surface area (Å²) in [5.41, 5.74) is 1.77. The third-order valence-corrected chi connectivity index (χ3v) is 3.02. The van der Waals surface area contributed by atoms with Crippen LogP contribution in [0.1, 0.15) is 11.4 Å². The highest BCUT2D eigenvalue weighted by atomic mass is 79.9. The van der Waals surface area contributed by atoms with Crippen LogP contribution in [0.5, 0.6) is 0 Å². The number of hydrogen-bond donors (Lipinski definition) is 3. The molecular weight excluding hydrogens is 270 g/mol. The molecule has 0 aliphatic heterocycles. The second-order valence-corrected chi connectivity index (χ2v) is 4.17. The van der Waals surface area contributed by atoms with E-state index >= 15 is 0 Å². The summed E-state index contributed by atoms with van der Waals surface area (Å²) >= 11 is 3.40. The highest BCUT2D eigenvalue weighted by Crippen LogP contribution is 2.24. The number of hydrogen-bond acceptors (Lipinski definition) is 3. The molecule has 5 heteroatoms. The van der Waals surface area contributed by atoms with E-state index in [4.69, 9.17) is 0 Å². The maximum Gasteiger partial charge on any atom is 0.125 e. The number of nitrogens with one attached hydrogen (secondary N) is 2. The van der Waals surface area contributed by atoms with E-state index in [1.807, 2.05) is 18.2 Å². The van der Waals surface area contributed by atoms with Crippen molar-refractivity contribution in [2.45, 2.75) is 13.2 Å². The molecule has 0 aliphatic carbocycles. The number of rotatable bonds is 4. The topological polar surface area (TPSA) is 60.9 Å². The molecule has 0 spiro atoms. The number of H-pyrrole nitrogens is 1. The first-order valence-corrected chi connectivity index (χ1v) is 5.71. The Morgan fingerprint density at radius 3 is 3.00 bits per heavy atom. The lowest BCUT2D eigenvalue weighted by atomic mass is 10.2. The molecule has 16 heavy (non-hydrogen) atoms. The summed E-state index contributed by atoms with van der Waals surface area (Å²) in [6.45, 7) is 0.609. The Morgan fingerprint density at radius 2 is 2.31 bits per heavy atom. The van der Waals surface area contributed by atoms with Gasteiger partial charge < -0.3 is 15.4 Å². The van der Waals surface area contributed by atoms with Crippen molar-refractivity contribution in [3.63, 3.8) is 0 Å². The molecule has 0 saturated carbocycles. The lowest BCUT2D eigenvalue weighted by Crippen LogP contribution is -2.04. The van der Waals surface area contributed by atoms with Crippen molar-refractivity contribution >= 4 is 21.6 Å². The zero-order valence-electron chi connectivity index (χ0n) is 8.57. The second kappa shape index (κ2) is 5.14. The number of imidazole rings is 1. The first kappa shape index (κ1) is 11.2. The summed E-state index contributed by atoms with van der Waals surface area (Å²) in [7, 11) is 0. The predicted molar refractivity (Wildman–Crippen MR) is 66.0 cm³/mol. The van der Waals surface area contributed by atoms with Crippen molar-refractivity contribution in [1.82, 2.24) is 9.97 Å². The Labute approximate surface area is 102 Å². The van der Waals surface area contributed by atoms with Gasteiger partial charge >= 0.3 is 0 Å². The molecule has 0 bridgehead atoms. The van der Waals surface area contributed by atoms with E-state index in [1.54, 1.807) is 12.4 Å². The van der Waals surface area contributed by atoms with Crippen molar-refractivity contribution in [2.24, 2.45) is 0 Å². The van der Waals surface area contributed by atoms with E-state index in [0.717, 1.165) is 21.5 Å². The minimum absolute atomic E-state index is 0.00190. The minimum atomic E-state index is 0.00190. The molecule has 0 unspecified atom stereocenters. The summed E-state index contributed by atoms with van der Waals surface area (Å²) in [6, 6.07) is 5.76. The summed E-state index contributed by atoms with van der Waals surface area (Å²) in [5.74, 6) is 0.865.